The van der Waals surface area contributed by atoms with Gasteiger partial charge in [0.05, 0.1) is 12.5 Å². The number of halogens is 1. The number of hydrogen-bond donors (Lipinski definition) is 1. The highest BCUT2D eigenvalue weighted by molar-refractivity contribution is 5.71. The van der Waals surface area contributed by atoms with Crippen molar-refractivity contribution >= 4 is 5.97 Å². The number of hydrogen-bond acceptors (Lipinski definition) is 2. The van der Waals surface area contributed by atoms with E-state index in [2.05, 4.69) is 0 Å². The summed E-state index contributed by atoms with van der Waals surface area (Å²) in [6.45, 7) is 2.21. The molecule has 3 nitrogen and oxygen atoms in total. The summed E-state index contributed by atoms with van der Waals surface area (Å²) in [5.41, 5.74) is 0.771. The van der Waals surface area contributed by atoms with E-state index < -0.39 is 17.7 Å². The van der Waals surface area contributed by atoms with E-state index in [1.165, 1.54) is 6.07 Å². The number of carbonyl (C=O) groups is 1. The molecule has 1 aliphatic carbocycles. The van der Waals surface area contributed by atoms with Crippen molar-refractivity contribution in [3.63, 3.8) is 0 Å². The van der Waals surface area contributed by atoms with Crippen molar-refractivity contribution in [1.82, 2.24) is 0 Å². The molecule has 0 amide bonds. The van der Waals surface area contributed by atoms with E-state index in [0.29, 0.717) is 13.0 Å². The SMILES string of the molecule is CCOc1ccc(C2CCCCC2C(=O)O)cc1F. The minimum Gasteiger partial charge on any atom is -0.491 e. The molecule has 1 N–H and O–H groups in total. The molecular formula is C15H19FO3. The van der Waals surface area contributed by atoms with Gasteiger partial charge in [-0.2, -0.15) is 0 Å². The summed E-state index contributed by atoms with van der Waals surface area (Å²) >= 11 is 0. The van der Waals surface area contributed by atoms with Gasteiger partial charge in [-0.1, -0.05) is 18.9 Å². The molecule has 1 aliphatic rings. The van der Waals surface area contributed by atoms with Crippen molar-refractivity contribution in [3.05, 3.63) is 29.6 Å². The second-order valence-electron chi connectivity index (χ2n) is 4.96. The minimum absolute atomic E-state index is 0.0866. The van der Waals surface area contributed by atoms with Crippen LogP contribution in [0.1, 0.15) is 44.1 Å². The normalized spacial score (nSPS) is 23.1. The van der Waals surface area contributed by atoms with Crippen molar-refractivity contribution in [2.24, 2.45) is 5.92 Å². The molecule has 2 unspecified atom stereocenters. The van der Waals surface area contributed by atoms with Crippen LogP contribution in [0.3, 0.4) is 0 Å². The zero-order valence-corrected chi connectivity index (χ0v) is 11.1. The third-order valence-electron chi connectivity index (χ3n) is 3.77. The summed E-state index contributed by atoms with van der Waals surface area (Å²) in [7, 11) is 0. The molecule has 0 saturated heterocycles. The van der Waals surface area contributed by atoms with Crippen LogP contribution in [0.25, 0.3) is 0 Å². The molecule has 4 heteroatoms. The molecule has 2 atom stereocenters. The fourth-order valence-corrected chi connectivity index (χ4v) is 2.85. The maximum Gasteiger partial charge on any atom is 0.307 e. The zero-order chi connectivity index (χ0) is 13.8. The van der Waals surface area contributed by atoms with Crippen molar-refractivity contribution in [1.29, 1.82) is 0 Å². The minimum atomic E-state index is -0.779. The summed E-state index contributed by atoms with van der Waals surface area (Å²) in [6, 6.07) is 4.82. The average molecular weight is 266 g/mol. The Morgan fingerprint density at radius 1 is 1.42 bits per heavy atom. The van der Waals surface area contributed by atoms with Gasteiger partial charge >= 0.3 is 5.97 Å². The summed E-state index contributed by atoms with van der Waals surface area (Å²) in [5, 5.41) is 9.26. The third-order valence-corrected chi connectivity index (χ3v) is 3.77. The monoisotopic (exact) mass is 266 g/mol. The van der Waals surface area contributed by atoms with E-state index in [0.717, 1.165) is 24.8 Å². The topological polar surface area (TPSA) is 46.5 Å². The van der Waals surface area contributed by atoms with Gasteiger partial charge in [0, 0.05) is 0 Å². The first kappa shape index (κ1) is 13.8. The highest BCUT2D eigenvalue weighted by atomic mass is 19.1. The van der Waals surface area contributed by atoms with Crippen LogP contribution in [0.5, 0.6) is 5.75 Å². The largest absolute Gasteiger partial charge is 0.491 e. The Balaban J connectivity index is 2.24. The smallest absolute Gasteiger partial charge is 0.307 e. The van der Waals surface area contributed by atoms with Crippen molar-refractivity contribution in [2.45, 2.75) is 38.5 Å². The van der Waals surface area contributed by atoms with Gasteiger partial charge in [-0.05, 0) is 43.4 Å². The number of ether oxygens (including phenoxy) is 1. The van der Waals surface area contributed by atoms with Gasteiger partial charge in [0.1, 0.15) is 0 Å². The quantitative estimate of drug-likeness (QED) is 0.906. The lowest BCUT2D eigenvalue weighted by molar-refractivity contribution is -0.143. The predicted octanol–water partition coefficient (Wildman–Crippen LogP) is 3.58. The second-order valence-corrected chi connectivity index (χ2v) is 4.96. The Morgan fingerprint density at radius 3 is 2.79 bits per heavy atom. The Kier molecular flexibility index (Phi) is 4.40. The maximum absolute atomic E-state index is 13.8. The molecule has 0 spiro atoms. The van der Waals surface area contributed by atoms with Crippen LogP contribution < -0.4 is 4.74 Å². The standard InChI is InChI=1S/C15H19FO3/c1-2-19-14-8-7-10(9-13(14)16)11-5-3-4-6-12(11)15(17)18/h7-9,11-12H,2-6H2,1H3,(H,17,18). The van der Waals surface area contributed by atoms with Gasteiger partial charge in [-0.3, -0.25) is 4.79 Å². The molecule has 0 bridgehead atoms. The molecule has 1 fully saturated rings. The molecule has 0 aliphatic heterocycles. The molecular weight excluding hydrogens is 247 g/mol. The zero-order valence-electron chi connectivity index (χ0n) is 11.1. The van der Waals surface area contributed by atoms with Crippen LogP contribution in [-0.2, 0) is 4.79 Å². The van der Waals surface area contributed by atoms with Crippen molar-refractivity contribution in [3.8, 4) is 5.75 Å². The Morgan fingerprint density at radius 2 is 2.16 bits per heavy atom. The third kappa shape index (κ3) is 3.06. The van der Waals surface area contributed by atoms with Crippen molar-refractivity contribution < 1.29 is 19.0 Å². The number of aliphatic carboxylic acids is 1. The molecule has 104 valence electrons. The lowest BCUT2D eigenvalue weighted by Gasteiger charge is -2.29. The molecule has 0 heterocycles. The van der Waals surface area contributed by atoms with Crippen LogP contribution in [-0.4, -0.2) is 17.7 Å². The number of benzene rings is 1. The van der Waals surface area contributed by atoms with Crippen molar-refractivity contribution in [2.75, 3.05) is 6.61 Å². The lowest BCUT2D eigenvalue weighted by atomic mass is 9.75. The van der Waals surface area contributed by atoms with Gasteiger partial charge in [0.2, 0.25) is 0 Å². The van der Waals surface area contributed by atoms with Gasteiger partial charge in [0.15, 0.2) is 11.6 Å². The van der Waals surface area contributed by atoms with Gasteiger partial charge in [-0.25, -0.2) is 4.39 Å². The molecule has 1 saturated carbocycles. The van der Waals surface area contributed by atoms with E-state index in [-0.39, 0.29) is 11.7 Å². The van der Waals surface area contributed by atoms with Gasteiger partial charge in [-0.15, -0.1) is 0 Å². The first-order valence-corrected chi connectivity index (χ1v) is 6.78. The Hall–Kier alpha value is -1.58. The van der Waals surface area contributed by atoms with E-state index in [9.17, 15) is 14.3 Å². The van der Waals surface area contributed by atoms with E-state index in [1.807, 2.05) is 0 Å². The first-order valence-electron chi connectivity index (χ1n) is 6.78. The molecule has 0 aromatic heterocycles. The number of carboxylic acid groups (broad SMARTS) is 1. The van der Waals surface area contributed by atoms with Crippen LogP contribution >= 0.6 is 0 Å². The number of rotatable bonds is 4. The van der Waals surface area contributed by atoms with Gasteiger partial charge < -0.3 is 9.84 Å². The van der Waals surface area contributed by atoms with E-state index in [4.69, 9.17) is 4.74 Å². The van der Waals surface area contributed by atoms with Crippen LogP contribution in [0, 0.1) is 11.7 Å². The Labute approximate surface area is 112 Å². The summed E-state index contributed by atoms with van der Waals surface area (Å²) in [5.74, 6) is -1.44. The van der Waals surface area contributed by atoms with E-state index in [1.54, 1.807) is 19.1 Å². The maximum atomic E-state index is 13.8. The fraction of sp³-hybridized carbons (Fsp3) is 0.533. The van der Waals surface area contributed by atoms with Crippen LogP contribution in [0.4, 0.5) is 4.39 Å². The molecule has 0 radical (unpaired) electrons. The first-order chi connectivity index (χ1) is 9.13. The van der Waals surface area contributed by atoms with Gasteiger partial charge in [0.25, 0.3) is 0 Å². The highest BCUT2D eigenvalue weighted by Crippen LogP contribution is 2.39. The highest BCUT2D eigenvalue weighted by Gasteiger charge is 2.32. The summed E-state index contributed by atoms with van der Waals surface area (Å²) in [6.07, 6.45) is 3.43. The molecule has 1 aromatic carbocycles. The second kappa shape index (κ2) is 6.04. The van der Waals surface area contributed by atoms with Crippen LogP contribution in [0.2, 0.25) is 0 Å². The summed E-state index contributed by atoms with van der Waals surface area (Å²) < 4.78 is 19.0. The average Bonchev–Trinajstić information content (AvgIpc) is 2.41. The molecule has 2 rings (SSSR count). The fourth-order valence-electron chi connectivity index (χ4n) is 2.85. The van der Waals surface area contributed by atoms with E-state index >= 15 is 0 Å². The van der Waals surface area contributed by atoms with Crippen LogP contribution in [0.15, 0.2) is 18.2 Å². The summed E-state index contributed by atoms with van der Waals surface area (Å²) in [4.78, 5) is 11.3. The molecule has 19 heavy (non-hydrogen) atoms. The Bertz CT molecular complexity index is 459. The number of carboxylic acids is 1. The predicted molar refractivity (Wildman–Crippen MR) is 69.9 cm³/mol. The lowest BCUT2D eigenvalue weighted by Crippen LogP contribution is -2.25. The molecule has 1 aromatic rings.